The molecule has 4 atom stereocenters. The highest BCUT2D eigenvalue weighted by atomic mass is 32.2. The van der Waals surface area contributed by atoms with Gasteiger partial charge >= 0.3 is 24.4 Å². The van der Waals surface area contributed by atoms with E-state index < -0.39 is 45.7 Å². The van der Waals surface area contributed by atoms with Crippen LogP contribution in [0.4, 0.5) is 19.2 Å². The lowest BCUT2D eigenvalue weighted by atomic mass is 10.1. The molecule has 3 aliphatic rings. The summed E-state index contributed by atoms with van der Waals surface area (Å²) in [6, 6.07) is 18.4. The van der Waals surface area contributed by atoms with E-state index in [0.29, 0.717) is 32.5 Å². The van der Waals surface area contributed by atoms with Crippen molar-refractivity contribution >= 4 is 34.5 Å². The minimum atomic E-state index is -3.70. The average Bonchev–Trinajstić information content (AvgIpc) is 3.81. The Labute approximate surface area is 324 Å². The molecule has 5 rings (SSSR count). The summed E-state index contributed by atoms with van der Waals surface area (Å²) in [5, 5.41) is 2.63. The Bertz CT molecular complexity index is 1700. The van der Waals surface area contributed by atoms with Gasteiger partial charge < -0.3 is 39.0 Å². The highest BCUT2D eigenvalue weighted by Crippen LogP contribution is 2.33. The average molecular weight is 789 g/mol. The van der Waals surface area contributed by atoms with Crippen molar-refractivity contribution in [3.8, 4) is 0 Å². The van der Waals surface area contributed by atoms with Crippen molar-refractivity contribution in [1.82, 2.24) is 20.0 Å². The SMILES string of the molecule is CC(C)(C)OC(=O)N1CC[C@@H]2[C@H]1CCN2C(=O)OCc1ccccc1.CC(C)(C)OC(=O)N1CC[C@H](OS(C)(=O)=O)[C@H]1CCNC(=O)OCc1ccccc1. The van der Waals surface area contributed by atoms with Crippen molar-refractivity contribution in [2.45, 2.75) is 116 Å². The van der Waals surface area contributed by atoms with E-state index in [9.17, 15) is 27.6 Å². The van der Waals surface area contributed by atoms with Crippen LogP contribution in [0.15, 0.2) is 60.7 Å². The van der Waals surface area contributed by atoms with Gasteiger partial charge in [-0.1, -0.05) is 60.7 Å². The van der Waals surface area contributed by atoms with Gasteiger partial charge in [0.05, 0.1) is 30.5 Å². The van der Waals surface area contributed by atoms with E-state index in [2.05, 4.69) is 5.32 Å². The Hall–Kier alpha value is -4.57. The molecule has 2 aromatic carbocycles. The lowest BCUT2D eigenvalue weighted by Gasteiger charge is -2.30. The predicted octanol–water partition coefficient (Wildman–Crippen LogP) is 6.06. The fraction of sp³-hybridized carbons (Fsp3) is 0.590. The monoisotopic (exact) mass is 788 g/mol. The fourth-order valence-corrected chi connectivity index (χ4v) is 7.38. The largest absolute Gasteiger partial charge is 0.445 e. The molecular formula is C39H56N4O11S. The van der Waals surface area contributed by atoms with Gasteiger partial charge in [-0.2, -0.15) is 8.42 Å². The normalized spacial score (nSPS) is 20.9. The van der Waals surface area contributed by atoms with Crippen LogP contribution in [-0.2, 0) is 46.5 Å². The molecule has 2 aromatic rings. The van der Waals surface area contributed by atoms with E-state index >= 15 is 0 Å². The number of nitrogens with one attached hydrogen (secondary N) is 1. The van der Waals surface area contributed by atoms with Crippen LogP contribution in [0.3, 0.4) is 0 Å². The summed E-state index contributed by atoms with van der Waals surface area (Å²) in [4.78, 5) is 54.2. The number of amides is 4. The molecule has 16 heteroatoms. The molecule has 0 bridgehead atoms. The maximum absolute atomic E-state index is 12.5. The highest BCUT2D eigenvalue weighted by molar-refractivity contribution is 7.86. The van der Waals surface area contributed by atoms with E-state index in [0.717, 1.165) is 30.2 Å². The standard InChI is InChI=1S/C20H30N2O7S.C19H26N2O4/c1-20(2,3)28-19(24)22-13-11-17(29-30(4,25)26)16(22)10-12-21-18(23)27-14-15-8-6-5-7-9-15;1-19(2,3)25-18(23)21-12-10-15-16(21)9-11-20(15)17(22)24-13-14-7-5-4-6-8-14/h5-9,16-17H,10-14H2,1-4H3,(H,21,23);4-8,15-16H,9-13H2,1-3H3/t16-,17+;15-,16-/m11/s1. The van der Waals surface area contributed by atoms with Crippen molar-refractivity contribution in [3.05, 3.63) is 71.8 Å². The van der Waals surface area contributed by atoms with E-state index in [1.165, 1.54) is 4.90 Å². The number of likely N-dealkylation sites (tertiary alicyclic amines) is 3. The Kier molecular flexibility index (Phi) is 14.8. The molecule has 4 amide bonds. The molecule has 0 aromatic heterocycles. The Morgan fingerprint density at radius 1 is 0.673 bits per heavy atom. The summed E-state index contributed by atoms with van der Waals surface area (Å²) in [7, 11) is -3.70. The van der Waals surface area contributed by atoms with Crippen LogP contribution in [0, 0.1) is 0 Å². The van der Waals surface area contributed by atoms with Crippen LogP contribution in [0.2, 0.25) is 0 Å². The quantitative estimate of drug-likeness (QED) is 0.231. The number of benzene rings is 2. The van der Waals surface area contributed by atoms with Gasteiger partial charge in [-0.15, -0.1) is 0 Å². The predicted molar refractivity (Wildman–Crippen MR) is 203 cm³/mol. The van der Waals surface area contributed by atoms with Crippen molar-refractivity contribution < 1.29 is 50.7 Å². The number of carbonyl (C=O) groups excluding carboxylic acids is 4. The summed E-state index contributed by atoms with van der Waals surface area (Å²) in [6.45, 7) is 13.0. The summed E-state index contributed by atoms with van der Waals surface area (Å²) >= 11 is 0. The maximum atomic E-state index is 12.5. The first-order chi connectivity index (χ1) is 25.8. The zero-order valence-corrected chi connectivity index (χ0v) is 33.7. The van der Waals surface area contributed by atoms with Crippen LogP contribution in [0.1, 0.15) is 78.4 Å². The first-order valence-corrected chi connectivity index (χ1v) is 20.4. The van der Waals surface area contributed by atoms with Crippen molar-refractivity contribution in [2.24, 2.45) is 0 Å². The molecule has 3 heterocycles. The molecule has 0 aliphatic carbocycles. The van der Waals surface area contributed by atoms with Crippen LogP contribution in [-0.4, -0.2) is 115 Å². The number of hydrogen-bond acceptors (Lipinski definition) is 11. The first-order valence-electron chi connectivity index (χ1n) is 18.6. The molecule has 0 spiro atoms. The fourth-order valence-electron chi connectivity index (χ4n) is 6.71. The van der Waals surface area contributed by atoms with Gasteiger partial charge in [0.1, 0.15) is 24.4 Å². The van der Waals surface area contributed by atoms with Crippen LogP contribution >= 0.6 is 0 Å². The van der Waals surface area contributed by atoms with Gasteiger partial charge in [0.2, 0.25) is 0 Å². The Morgan fingerprint density at radius 3 is 1.62 bits per heavy atom. The molecule has 3 fully saturated rings. The van der Waals surface area contributed by atoms with E-state index in [1.54, 1.807) is 30.6 Å². The van der Waals surface area contributed by atoms with Crippen molar-refractivity contribution in [1.29, 1.82) is 0 Å². The van der Waals surface area contributed by atoms with Gasteiger partial charge in [0, 0.05) is 26.2 Å². The van der Waals surface area contributed by atoms with Crippen LogP contribution < -0.4 is 5.32 Å². The molecule has 0 radical (unpaired) electrons. The van der Waals surface area contributed by atoms with E-state index in [1.807, 2.05) is 81.4 Å². The van der Waals surface area contributed by atoms with Gasteiger partial charge in [-0.25, -0.2) is 19.2 Å². The lowest BCUT2D eigenvalue weighted by Crippen LogP contribution is -2.45. The van der Waals surface area contributed by atoms with E-state index in [-0.39, 0.29) is 44.0 Å². The smallest absolute Gasteiger partial charge is 0.410 e. The van der Waals surface area contributed by atoms with Gasteiger partial charge in [-0.3, -0.25) is 4.18 Å². The molecule has 3 saturated heterocycles. The molecule has 3 aliphatic heterocycles. The molecule has 0 unspecified atom stereocenters. The number of ether oxygens (including phenoxy) is 4. The topological polar surface area (TPSA) is 170 Å². The third-order valence-corrected chi connectivity index (χ3v) is 9.57. The minimum Gasteiger partial charge on any atom is -0.445 e. The molecular weight excluding hydrogens is 733 g/mol. The number of carbonyl (C=O) groups is 4. The molecule has 1 N–H and O–H groups in total. The van der Waals surface area contributed by atoms with Gasteiger partial charge in [0.15, 0.2) is 0 Å². The van der Waals surface area contributed by atoms with Crippen molar-refractivity contribution in [3.63, 3.8) is 0 Å². The second-order valence-electron chi connectivity index (χ2n) is 15.8. The summed E-state index contributed by atoms with van der Waals surface area (Å²) in [5.74, 6) is 0. The number of alkyl carbamates (subject to hydrolysis) is 1. The van der Waals surface area contributed by atoms with Crippen LogP contribution in [0.25, 0.3) is 0 Å². The third kappa shape index (κ3) is 13.9. The third-order valence-electron chi connectivity index (χ3n) is 8.98. The summed E-state index contributed by atoms with van der Waals surface area (Å²) in [6.07, 6.45) is 0.722. The van der Waals surface area contributed by atoms with Gasteiger partial charge in [-0.05, 0) is 78.4 Å². The zero-order valence-electron chi connectivity index (χ0n) is 32.9. The second-order valence-corrected chi connectivity index (χ2v) is 17.4. The number of fused-ring (bicyclic) bond motifs is 1. The van der Waals surface area contributed by atoms with Gasteiger partial charge in [0.25, 0.3) is 10.1 Å². The van der Waals surface area contributed by atoms with E-state index in [4.69, 9.17) is 23.1 Å². The molecule has 15 nitrogen and oxygen atoms in total. The van der Waals surface area contributed by atoms with Crippen LogP contribution in [0.5, 0.6) is 0 Å². The summed E-state index contributed by atoms with van der Waals surface area (Å²) < 4.78 is 49.9. The molecule has 304 valence electrons. The molecule has 55 heavy (non-hydrogen) atoms. The molecule has 0 saturated carbocycles. The minimum absolute atomic E-state index is 0.0239. The highest BCUT2D eigenvalue weighted by Gasteiger charge is 2.48. The Balaban J connectivity index is 0.000000248. The zero-order chi connectivity index (χ0) is 40.4. The maximum Gasteiger partial charge on any atom is 0.410 e. The second kappa shape index (κ2) is 18.8. The number of rotatable bonds is 9. The first kappa shape index (κ1) is 43.2. The number of nitrogens with zero attached hydrogens (tertiary/aromatic N) is 3. The Morgan fingerprint density at radius 2 is 1.13 bits per heavy atom. The lowest BCUT2D eigenvalue weighted by molar-refractivity contribution is 0.0164. The van der Waals surface area contributed by atoms with Crippen molar-refractivity contribution in [2.75, 3.05) is 32.4 Å². The summed E-state index contributed by atoms with van der Waals surface area (Å²) in [5.41, 5.74) is 0.633. The number of hydrogen-bond donors (Lipinski definition) is 1.